The number of nitrogens with two attached hydrogens (primary N) is 1. The van der Waals surface area contributed by atoms with Crippen molar-refractivity contribution in [1.82, 2.24) is 9.97 Å². The van der Waals surface area contributed by atoms with Crippen LogP contribution in [0.5, 0.6) is 5.75 Å². The molecule has 0 spiro atoms. The van der Waals surface area contributed by atoms with Crippen LogP contribution in [0, 0.1) is 0 Å². The molecule has 0 radical (unpaired) electrons. The van der Waals surface area contributed by atoms with Gasteiger partial charge in [0.2, 0.25) is 0 Å². The number of hydrogen-bond donors (Lipinski definition) is 1. The lowest BCUT2D eigenvalue weighted by Gasteiger charge is -2.08. The molecule has 4 nitrogen and oxygen atoms in total. The molecule has 0 atom stereocenters. The monoisotopic (exact) mass is 215 g/mol. The van der Waals surface area contributed by atoms with Gasteiger partial charge in [-0.2, -0.15) is 0 Å². The van der Waals surface area contributed by atoms with E-state index in [0.717, 1.165) is 16.9 Å². The number of ether oxygens (including phenoxy) is 1. The second kappa shape index (κ2) is 4.61. The first-order valence-electron chi connectivity index (χ1n) is 5.09. The summed E-state index contributed by atoms with van der Waals surface area (Å²) in [6, 6.07) is 5.62. The largest absolute Gasteiger partial charge is 0.494 e. The molecule has 0 bridgehead atoms. The first-order chi connectivity index (χ1) is 7.81. The fourth-order valence-corrected chi connectivity index (χ4v) is 1.50. The molecule has 1 aromatic heterocycles. The molecular weight excluding hydrogens is 202 g/mol. The molecule has 2 N–H and O–H groups in total. The highest BCUT2D eigenvalue weighted by Gasteiger charge is 2.04. The van der Waals surface area contributed by atoms with Gasteiger partial charge in [-0.05, 0) is 19.1 Å². The number of benzene rings is 1. The van der Waals surface area contributed by atoms with Crippen LogP contribution in [0.3, 0.4) is 0 Å². The Kier molecular flexibility index (Phi) is 3.00. The topological polar surface area (TPSA) is 61.0 Å². The fourth-order valence-electron chi connectivity index (χ4n) is 1.50. The molecule has 4 heteroatoms. The van der Waals surface area contributed by atoms with Crippen LogP contribution in [0.25, 0.3) is 11.1 Å². The quantitative estimate of drug-likeness (QED) is 0.797. The van der Waals surface area contributed by atoms with Crippen molar-refractivity contribution in [1.29, 1.82) is 0 Å². The minimum atomic E-state index is 0.632. The van der Waals surface area contributed by atoms with Gasteiger partial charge in [0.05, 0.1) is 6.61 Å². The highest BCUT2D eigenvalue weighted by Crippen LogP contribution is 2.28. The maximum Gasteiger partial charge on any atom is 0.121 e. The van der Waals surface area contributed by atoms with Crippen molar-refractivity contribution in [2.45, 2.75) is 6.92 Å². The molecule has 0 saturated carbocycles. The van der Waals surface area contributed by atoms with Crippen molar-refractivity contribution in [2.75, 3.05) is 12.3 Å². The predicted octanol–water partition coefficient (Wildman–Crippen LogP) is 2.12. The lowest BCUT2D eigenvalue weighted by atomic mass is 10.1. The summed E-state index contributed by atoms with van der Waals surface area (Å²) in [7, 11) is 0. The molecule has 0 saturated heterocycles. The molecule has 82 valence electrons. The van der Waals surface area contributed by atoms with Gasteiger partial charge in [0.25, 0.3) is 0 Å². The first kappa shape index (κ1) is 10.4. The van der Waals surface area contributed by atoms with E-state index in [1.807, 2.05) is 25.1 Å². The third kappa shape index (κ3) is 2.11. The van der Waals surface area contributed by atoms with Crippen molar-refractivity contribution < 1.29 is 4.74 Å². The van der Waals surface area contributed by atoms with Crippen LogP contribution in [-0.4, -0.2) is 16.6 Å². The molecule has 0 amide bonds. The third-order valence-electron chi connectivity index (χ3n) is 2.21. The highest BCUT2D eigenvalue weighted by molar-refractivity contribution is 5.76. The number of nitrogens with zero attached hydrogens (tertiary/aromatic N) is 2. The maximum atomic E-state index is 5.95. The van der Waals surface area contributed by atoms with Crippen molar-refractivity contribution in [3.05, 3.63) is 36.9 Å². The Bertz CT molecular complexity index is 471. The molecule has 16 heavy (non-hydrogen) atoms. The Morgan fingerprint density at radius 3 is 2.62 bits per heavy atom. The molecule has 1 aromatic carbocycles. The summed E-state index contributed by atoms with van der Waals surface area (Å²) < 4.78 is 5.37. The van der Waals surface area contributed by atoms with E-state index < -0.39 is 0 Å². The summed E-state index contributed by atoms with van der Waals surface area (Å²) in [5.41, 5.74) is 8.44. The van der Waals surface area contributed by atoms with Gasteiger partial charge in [-0.15, -0.1) is 0 Å². The fraction of sp³-hybridized carbons (Fsp3) is 0.167. The molecule has 0 aliphatic heterocycles. The molecule has 1 heterocycles. The number of hydrogen-bond acceptors (Lipinski definition) is 4. The van der Waals surface area contributed by atoms with Crippen LogP contribution in [0.2, 0.25) is 0 Å². The van der Waals surface area contributed by atoms with Crippen LogP contribution in [0.4, 0.5) is 5.69 Å². The van der Waals surface area contributed by atoms with Crippen molar-refractivity contribution in [3.8, 4) is 16.9 Å². The normalized spacial score (nSPS) is 10.1. The summed E-state index contributed by atoms with van der Waals surface area (Å²) in [4.78, 5) is 7.93. The van der Waals surface area contributed by atoms with E-state index in [-0.39, 0.29) is 0 Å². The Balaban J connectivity index is 2.37. The van der Waals surface area contributed by atoms with Gasteiger partial charge >= 0.3 is 0 Å². The minimum absolute atomic E-state index is 0.632. The van der Waals surface area contributed by atoms with E-state index in [1.54, 1.807) is 12.4 Å². The number of anilines is 1. The second-order valence-corrected chi connectivity index (χ2v) is 3.31. The number of rotatable bonds is 3. The first-order valence-corrected chi connectivity index (χ1v) is 5.09. The molecule has 0 aliphatic rings. The maximum absolute atomic E-state index is 5.95. The van der Waals surface area contributed by atoms with E-state index in [0.29, 0.717) is 12.3 Å². The lowest BCUT2D eigenvalue weighted by Crippen LogP contribution is -1.95. The van der Waals surface area contributed by atoms with Crippen LogP contribution in [0.1, 0.15) is 6.92 Å². The summed E-state index contributed by atoms with van der Waals surface area (Å²) in [5, 5.41) is 0. The zero-order valence-electron chi connectivity index (χ0n) is 9.05. The van der Waals surface area contributed by atoms with Crippen LogP contribution < -0.4 is 10.5 Å². The van der Waals surface area contributed by atoms with Gasteiger partial charge in [0, 0.05) is 35.3 Å². The molecule has 2 rings (SSSR count). The minimum Gasteiger partial charge on any atom is -0.494 e. The van der Waals surface area contributed by atoms with Gasteiger partial charge in [-0.3, -0.25) is 0 Å². The summed E-state index contributed by atoms with van der Waals surface area (Å²) in [5.74, 6) is 0.778. The zero-order chi connectivity index (χ0) is 11.4. The highest BCUT2D eigenvalue weighted by atomic mass is 16.5. The van der Waals surface area contributed by atoms with Crippen molar-refractivity contribution in [3.63, 3.8) is 0 Å². The average Bonchev–Trinajstić information content (AvgIpc) is 2.31. The van der Waals surface area contributed by atoms with E-state index in [1.165, 1.54) is 6.33 Å². The standard InChI is InChI=1S/C12H13N3O/c1-2-16-10-3-4-11(12(13)5-10)9-6-14-8-15-7-9/h3-8H,2,13H2,1H3. The van der Waals surface area contributed by atoms with E-state index in [4.69, 9.17) is 10.5 Å². The Hall–Kier alpha value is -2.10. The molecular formula is C12H13N3O. The van der Waals surface area contributed by atoms with E-state index in [9.17, 15) is 0 Å². The Morgan fingerprint density at radius 1 is 1.25 bits per heavy atom. The van der Waals surface area contributed by atoms with E-state index in [2.05, 4.69) is 9.97 Å². The van der Waals surface area contributed by atoms with Gasteiger partial charge in [0.15, 0.2) is 0 Å². The van der Waals surface area contributed by atoms with Gasteiger partial charge in [-0.25, -0.2) is 9.97 Å². The smallest absolute Gasteiger partial charge is 0.121 e. The third-order valence-corrected chi connectivity index (χ3v) is 2.21. The molecule has 2 aromatic rings. The number of nitrogen functional groups attached to an aromatic ring is 1. The van der Waals surface area contributed by atoms with Crippen LogP contribution in [-0.2, 0) is 0 Å². The zero-order valence-corrected chi connectivity index (χ0v) is 9.05. The lowest BCUT2D eigenvalue weighted by molar-refractivity contribution is 0.340. The van der Waals surface area contributed by atoms with Gasteiger partial charge < -0.3 is 10.5 Å². The van der Waals surface area contributed by atoms with Crippen LogP contribution in [0.15, 0.2) is 36.9 Å². The predicted molar refractivity (Wildman–Crippen MR) is 63.0 cm³/mol. The molecule has 0 aliphatic carbocycles. The van der Waals surface area contributed by atoms with Crippen molar-refractivity contribution in [2.24, 2.45) is 0 Å². The number of aromatic nitrogens is 2. The summed E-state index contributed by atoms with van der Waals surface area (Å²) in [6.45, 7) is 2.57. The SMILES string of the molecule is CCOc1ccc(-c2cncnc2)c(N)c1. The summed E-state index contributed by atoms with van der Waals surface area (Å²) in [6.07, 6.45) is 4.96. The van der Waals surface area contributed by atoms with E-state index >= 15 is 0 Å². The van der Waals surface area contributed by atoms with Gasteiger partial charge in [-0.1, -0.05) is 0 Å². The molecule has 0 fully saturated rings. The molecule has 0 unspecified atom stereocenters. The van der Waals surface area contributed by atoms with Gasteiger partial charge in [0.1, 0.15) is 12.1 Å². The Labute approximate surface area is 94.1 Å². The average molecular weight is 215 g/mol. The summed E-state index contributed by atoms with van der Waals surface area (Å²) >= 11 is 0. The Morgan fingerprint density at radius 2 is 2.00 bits per heavy atom. The van der Waals surface area contributed by atoms with Crippen LogP contribution >= 0.6 is 0 Å². The van der Waals surface area contributed by atoms with Crippen molar-refractivity contribution >= 4 is 5.69 Å². The second-order valence-electron chi connectivity index (χ2n) is 3.31.